The highest BCUT2D eigenvalue weighted by Gasteiger charge is 2.33. The van der Waals surface area contributed by atoms with Gasteiger partial charge in [-0.1, -0.05) is 44.2 Å². The molecular weight excluding hydrogens is 315 g/mol. The van der Waals surface area contributed by atoms with Gasteiger partial charge in [0.05, 0.1) is 16.8 Å². The lowest BCUT2D eigenvalue weighted by Crippen LogP contribution is -2.08. The Morgan fingerprint density at radius 1 is 1.17 bits per heavy atom. The summed E-state index contributed by atoms with van der Waals surface area (Å²) in [5.74, 6) is 0. The second-order valence-corrected chi connectivity index (χ2v) is 4.66. The van der Waals surface area contributed by atoms with Gasteiger partial charge in [-0.15, -0.1) is 0 Å². The number of hydrogen-bond acceptors (Lipinski definition) is 2. The summed E-state index contributed by atoms with van der Waals surface area (Å²) >= 11 is 0. The van der Waals surface area contributed by atoms with Crippen molar-refractivity contribution in [1.29, 1.82) is 0 Å². The number of halogens is 3. The third-order valence-electron chi connectivity index (χ3n) is 3.26. The Balaban J connectivity index is 0.00000139. The third-order valence-corrected chi connectivity index (χ3v) is 3.26. The lowest BCUT2D eigenvalue weighted by Gasteiger charge is -2.12. The fourth-order valence-electron chi connectivity index (χ4n) is 2.26. The van der Waals surface area contributed by atoms with Gasteiger partial charge < -0.3 is 0 Å². The van der Waals surface area contributed by atoms with Crippen molar-refractivity contribution in [2.45, 2.75) is 33.9 Å². The Morgan fingerprint density at radius 3 is 2.33 bits per heavy atom. The second kappa shape index (κ2) is 8.43. The Labute approximate surface area is 139 Å². The van der Waals surface area contributed by atoms with E-state index in [2.05, 4.69) is 4.98 Å². The first-order valence-corrected chi connectivity index (χ1v) is 7.68. The van der Waals surface area contributed by atoms with E-state index in [1.165, 1.54) is 18.2 Å². The number of rotatable bonds is 3. The largest absolute Gasteiger partial charge is 0.418 e. The molecule has 0 spiro atoms. The molecule has 5 heteroatoms. The van der Waals surface area contributed by atoms with Gasteiger partial charge in [0, 0.05) is 10.9 Å². The Hall–Kier alpha value is -2.43. The summed E-state index contributed by atoms with van der Waals surface area (Å²) in [7, 11) is 0. The van der Waals surface area contributed by atoms with Crippen molar-refractivity contribution < 1.29 is 18.0 Å². The molecule has 0 unspecified atom stereocenters. The molecule has 0 aliphatic rings. The summed E-state index contributed by atoms with van der Waals surface area (Å²) in [6.45, 7) is 7.56. The number of hydrogen-bond donors (Lipinski definition) is 0. The maximum atomic E-state index is 13.2. The van der Waals surface area contributed by atoms with E-state index in [4.69, 9.17) is 0 Å². The highest BCUT2D eigenvalue weighted by Crippen LogP contribution is 2.35. The number of aldehydes is 1. The molecule has 2 nitrogen and oxygen atoms in total. The van der Waals surface area contributed by atoms with Crippen molar-refractivity contribution in [2.75, 3.05) is 0 Å². The van der Waals surface area contributed by atoms with Gasteiger partial charge in [0.2, 0.25) is 0 Å². The number of allylic oxidation sites excluding steroid dienone is 4. The molecule has 0 atom stereocenters. The standard InChI is InChI=1S/C17H14F3NO.C2H6/c1-3-6-11(4-2)15-9-12(10-22)13-7-5-8-14(16(13)21-15)17(18,19)20;1-2/h3-10H,1-2H3;1-2H3/b6-3-,11-4+;. The minimum absolute atomic E-state index is 0.190. The van der Waals surface area contributed by atoms with Crippen LogP contribution in [0.15, 0.2) is 42.5 Å². The lowest BCUT2D eigenvalue weighted by molar-refractivity contribution is -0.136. The van der Waals surface area contributed by atoms with Gasteiger partial charge in [0.15, 0.2) is 6.29 Å². The zero-order valence-electron chi connectivity index (χ0n) is 14.1. The normalized spacial score (nSPS) is 12.2. The van der Waals surface area contributed by atoms with Crippen LogP contribution in [0.25, 0.3) is 16.5 Å². The molecule has 0 amide bonds. The molecule has 24 heavy (non-hydrogen) atoms. The highest BCUT2D eigenvalue weighted by molar-refractivity contribution is 5.99. The monoisotopic (exact) mass is 335 g/mol. The van der Waals surface area contributed by atoms with Gasteiger partial charge in [0.25, 0.3) is 0 Å². The Kier molecular flexibility index (Phi) is 6.89. The molecule has 2 aromatic rings. The van der Waals surface area contributed by atoms with Gasteiger partial charge in [0.1, 0.15) is 0 Å². The quantitative estimate of drug-likeness (QED) is 0.503. The van der Waals surface area contributed by atoms with Crippen LogP contribution in [0.2, 0.25) is 0 Å². The SMILES string of the molecule is C/C=C\C(=C/C)c1cc(C=O)c2cccc(C(F)(F)F)c2n1.CC. The number of aromatic nitrogens is 1. The molecule has 0 aliphatic carbocycles. The van der Waals surface area contributed by atoms with E-state index in [-0.39, 0.29) is 16.5 Å². The van der Waals surface area contributed by atoms with Crippen molar-refractivity contribution in [3.63, 3.8) is 0 Å². The first-order valence-electron chi connectivity index (χ1n) is 7.68. The minimum atomic E-state index is -4.53. The molecule has 1 aromatic carbocycles. The van der Waals surface area contributed by atoms with Crippen LogP contribution in [-0.2, 0) is 6.18 Å². The minimum Gasteiger partial charge on any atom is -0.298 e. The van der Waals surface area contributed by atoms with E-state index in [1.54, 1.807) is 32.1 Å². The first kappa shape index (κ1) is 19.6. The molecule has 0 fully saturated rings. The molecule has 0 radical (unpaired) electrons. The number of carbonyl (C=O) groups is 1. The molecule has 128 valence electrons. The number of pyridine rings is 1. The van der Waals surface area contributed by atoms with Crippen molar-refractivity contribution in [1.82, 2.24) is 4.98 Å². The van der Waals surface area contributed by atoms with E-state index in [0.717, 1.165) is 6.07 Å². The molecule has 0 saturated heterocycles. The predicted molar refractivity (Wildman–Crippen MR) is 91.9 cm³/mol. The predicted octanol–water partition coefficient (Wildman–Crippen LogP) is 6.07. The van der Waals surface area contributed by atoms with Crippen LogP contribution in [0.1, 0.15) is 49.3 Å². The zero-order valence-corrected chi connectivity index (χ0v) is 14.1. The second-order valence-electron chi connectivity index (χ2n) is 4.66. The fourth-order valence-corrected chi connectivity index (χ4v) is 2.26. The number of alkyl halides is 3. The van der Waals surface area contributed by atoms with Crippen LogP contribution in [0, 0.1) is 0 Å². The molecular formula is C19H20F3NO. The van der Waals surface area contributed by atoms with Crippen LogP contribution in [-0.4, -0.2) is 11.3 Å². The van der Waals surface area contributed by atoms with Gasteiger partial charge in [-0.25, -0.2) is 4.98 Å². The van der Waals surface area contributed by atoms with Gasteiger partial charge in [-0.2, -0.15) is 13.2 Å². The molecule has 1 heterocycles. The van der Waals surface area contributed by atoms with Crippen molar-refractivity contribution in [3.8, 4) is 0 Å². The topological polar surface area (TPSA) is 30.0 Å². The number of para-hydroxylation sites is 1. The van der Waals surface area contributed by atoms with Crippen molar-refractivity contribution in [2.24, 2.45) is 0 Å². The van der Waals surface area contributed by atoms with E-state index in [1.807, 2.05) is 13.8 Å². The molecule has 2 rings (SSSR count). The fraction of sp³-hybridized carbons (Fsp3) is 0.263. The zero-order chi connectivity index (χ0) is 18.3. The summed E-state index contributed by atoms with van der Waals surface area (Å²) < 4.78 is 39.5. The van der Waals surface area contributed by atoms with E-state index in [0.29, 0.717) is 17.6 Å². The van der Waals surface area contributed by atoms with E-state index in [9.17, 15) is 18.0 Å². The average Bonchev–Trinajstić information content (AvgIpc) is 2.59. The smallest absolute Gasteiger partial charge is 0.298 e. The summed E-state index contributed by atoms with van der Waals surface area (Å²) in [5, 5.41) is 0.199. The van der Waals surface area contributed by atoms with Gasteiger partial charge in [-0.05, 0) is 31.6 Å². The summed E-state index contributed by atoms with van der Waals surface area (Å²) in [6, 6.07) is 5.22. The average molecular weight is 335 g/mol. The maximum Gasteiger partial charge on any atom is 0.418 e. The van der Waals surface area contributed by atoms with Crippen LogP contribution < -0.4 is 0 Å². The lowest BCUT2D eigenvalue weighted by atomic mass is 10.0. The summed E-state index contributed by atoms with van der Waals surface area (Å²) in [6.07, 6.45) is 1.26. The van der Waals surface area contributed by atoms with Crippen LogP contribution in [0.5, 0.6) is 0 Å². The molecule has 0 N–H and O–H groups in total. The van der Waals surface area contributed by atoms with Crippen LogP contribution in [0.4, 0.5) is 13.2 Å². The maximum absolute atomic E-state index is 13.2. The summed E-state index contributed by atoms with van der Waals surface area (Å²) in [5.41, 5.74) is 0.135. The third kappa shape index (κ3) is 4.10. The van der Waals surface area contributed by atoms with Gasteiger partial charge in [-0.3, -0.25) is 4.79 Å². The Bertz CT molecular complexity index is 774. The molecule has 0 saturated carbocycles. The number of carbonyl (C=O) groups excluding carboxylic acids is 1. The number of fused-ring (bicyclic) bond motifs is 1. The molecule has 0 bridgehead atoms. The Morgan fingerprint density at radius 2 is 1.83 bits per heavy atom. The molecule has 0 aliphatic heterocycles. The van der Waals surface area contributed by atoms with E-state index >= 15 is 0 Å². The first-order chi connectivity index (χ1) is 11.4. The van der Waals surface area contributed by atoms with Crippen molar-refractivity contribution in [3.05, 3.63) is 59.3 Å². The van der Waals surface area contributed by atoms with Crippen LogP contribution >= 0.6 is 0 Å². The summed E-state index contributed by atoms with van der Waals surface area (Å²) in [4.78, 5) is 15.4. The van der Waals surface area contributed by atoms with Gasteiger partial charge >= 0.3 is 6.18 Å². The number of benzene rings is 1. The van der Waals surface area contributed by atoms with Crippen LogP contribution in [0.3, 0.4) is 0 Å². The number of nitrogens with zero attached hydrogens (tertiary/aromatic N) is 1. The molecule has 1 aromatic heterocycles. The highest BCUT2D eigenvalue weighted by atomic mass is 19.4. The van der Waals surface area contributed by atoms with E-state index < -0.39 is 11.7 Å². The van der Waals surface area contributed by atoms with Crippen molar-refractivity contribution >= 4 is 22.8 Å².